The van der Waals surface area contributed by atoms with Gasteiger partial charge in [-0.15, -0.1) is 0 Å². The van der Waals surface area contributed by atoms with E-state index in [9.17, 15) is 0 Å². The molecule has 2 saturated carbocycles. The van der Waals surface area contributed by atoms with Gasteiger partial charge in [-0.05, 0) is 115 Å². The Morgan fingerprint density at radius 1 is 0.412 bits per heavy atom. The molecule has 0 radical (unpaired) electrons. The fraction of sp³-hybridized carbons (Fsp3) is 1.00. The fourth-order valence-electron chi connectivity index (χ4n) is 6.86. The third-order valence-corrected chi connectivity index (χ3v) is 9.34. The molecule has 202 valence electrons. The summed E-state index contributed by atoms with van der Waals surface area (Å²) in [5, 5.41) is 0. The molecule has 0 amide bonds. The molecular formula is C32H64N2. The van der Waals surface area contributed by atoms with Gasteiger partial charge in [0.2, 0.25) is 0 Å². The quantitative estimate of drug-likeness (QED) is 0.171. The van der Waals surface area contributed by atoms with E-state index in [4.69, 9.17) is 0 Å². The summed E-state index contributed by atoms with van der Waals surface area (Å²) in [4.78, 5) is 5.73. The predicted molar refractivity (Wildman–Crippen MR) is 153 cm³/mol. The van der Waals surface area contributed by atoms with Crippen LogP contribution in [0.25, 0.3) is 0 Å². The normalized spacial score (nSPS) is 25.9. The summed E-state index contributed by atoms with van der Waals surface area (Å²) >= 11 is 0. The van der Waals surface area contributed by atoms with Crippen LogP contribution in [0.1, 0.15) is 156 Å². The van der Waals surface area contributed by atoms with Crippen molar-refractivity contribution in [2.24, 2.45) is 11.8 Å². The summed E-state index contributed by atoms with van der Waals surface area (Å²) in [7, 11) is 0. The minimum Gasteiger partial charge on any atom is -0.300 e. The van der Waals surface area contributed by atoms with Gasteiger partial charge in [-0.25, -0.2) is 0 Å². The van der Waals surface area contributed by atoms with E-state index in [1.165, 1.54) is 155 Å². The second-order valence-electron chi connectivity index (χ2n) is 12.1. The number of rotatable bonds is 19. The van der Waals surface area contributed by atoms with Crippen LogP contribution >= 0.6 is 0 Å². The Hall–Kier alpha value is -0.0800. The van der Waals surface area contributed by atoms with Crippen molar-refractivity contribution in [3.63, 3.8) is 0 Å². The van der Waals surface area contributed by atoms with E-state index in [1.807, 2.05) is 0 Å². The summed E-state index contributed by atoms with van der Waals surface area (Å²) in [5.74, 6) is 2.08. The minimum absolute atomic E-state index is 0.902. The highest BCUT2D eigenvalue weighted by Gasteiger charge is 2.27. The predicted octanol–water partition coefficient (Wildman–Crippen LogP) is 9.47. The Kier molecular flexibility index (Phi) is 16.9. The molecule has 0 spiro atoms. The van der Waals surface area contributed by atoms with Gasteiger partial charge >= 0.3 is 0 Å². The third kappa shape index (κ3) is 11.8. The average molecular weight is 477 g/mol. The second kappa shape index (κ2) is 19.1. The molecule has 0 aromatic carbocycles. The summed E-state index contributed by atoms with van der Waals surface area (Å²) in [6.07, 6.45) is 28.9. The van der Waals surface area contributed by atoms with E-state index in [2.05, 4.69) is 37.5 Å². The number of hydrogen-bond donors (Lipinski definition) is 0. The van der Waals surface area contributed by atoms with Crippen LogP contribution in [0.5, 0.6) is 0 Å². The molecule has 2 nitrogen and oxygen atoms in total. The first-order valence-corrected chi connectivity index (χ1v) is 16.2. The van der Waals surface area contributed by atoms with Gasteiger partial charge in [0, 0.05) is 12.1 Å². The third-order valence-electron chi connectivity index (χ3n) is 9.34. The standard InChI is InChI=1S/C32H64N2/c1-5-9-25-33(26-10-6-2)31-21-17-29(18-22-31)15-13-14-16-30-19-23-32(24-20-30)34(27-11-7-3)28-12-8-4/h29-32H,5-28H2,1-4H3. The highest BCUT2D eigenvalue weighted by Crippen LogP contribution is 2.34. The largest absolute Gasteiger partial charge is 0.300 e. The molecule has 2 heteroatoms. The molecule has 0 N–H and O–H groups in total. The molecule has 0 bridgehead atoms. The summed E-state index contributed by atoms with van der Waals surface area (Å²) in [5.41, 5.74) is 0. The zero-order valence-electron chi connectivity index (χ0n) is 24.2. The average Bonchev–Trinajstić information content (AvgIpc) is 2.88. The van der Waals surface area contributed by atoms with E-state index in [0.29, 0.717) is 0 Å². The Bertz CT molecular complexity index is 390. The summed E-state index contributed by atoms with van der Waals surface area (Å²) in [6.45, 7) is 14.8. The SMILES string of the molecule is CCCCN(CCCC)C1CCC(CCCCC2CCC(N(CCCC)CCCC)CC2)CC1. The minimum atomic E-state index is 0.902. The van der Waals surface area contributed by atoms with Gasteiger partial charge in [0.15, 0.2) is 0 Å². The Balaban J connectivity index is 1.58. The highest BCUT2D eigenvalue weighted by atomic mass is 15.2. The Labute approximate surface area is 216 Å². The van der Waals surface area contributed by atoms with E-state index >= 15 is 0 Å². The van der Waals surface area contributed by atoms with Crippen molar-refractivity contribution >= 4 is 0 Å². The maximum absolute atomic E-state index is 2.87. The lowest BCUT2D eigenvalue weighted by molar-refractivity contribution is 0.125. The first kappa shape index (κ1) is 30.1. The lowest BCUT2D eigenvalue weighted by Crippen LogP contribution is -2.39. The molecule has 0 aliphatic heterocycles. The first-order valence-electron chi connectivity index (χ1n) is 16.2. The van der Waals surface area contributed by atoms with Gasteiger partial charge in [-0.3, -0.25) is 0 Å². The van der Waals surface area contributed by atoms with Gasteiger partial charge in [-0.2, -0.15) is 0 Å². The molecule has 0 aromatic rings. The molecule has 34 heavy (non-hydrogen) atoms. The summed E-state index contributed by atoms with van der Waals surface area (Å²) < 4.78 is 0. The molecule has 0 heterocycles. The van der Waals surface area contributed by atoms with Gasteiger partial charge in [-0.1, -0.05) is 79.1 Å². The van der Waals surface area contributed by atoms with Crippen molar-refractivity contribution in [3.8, 4) is 0 Å². The van der Waals surface area contributed by atoms with Crippen molar-refractivity contribution in [2.45, 2.75) is 168 Å². The van der Waals surface area contributed by atoms with Crippen LogP contribution < -0.4 is 0 Å². The molecule has 2 aliphatic carbocycles. The van der Waals surface area contributed by atoms with Crippen molar-refractivity contribution in [1.29, 1.82) is 0 Å². The zero-order chi connectivity index (χ0) is 24.4. The Morgan fingerprint density at radius 2 is 0.706 bits per heavy atom. The molecule has 2 rings (SSSR count). The van der Waals surface area contributed by atoms with Crippen LogP contribution in [0.3, 0.4) is 0 Å². The number of unbranched alkanes of at least 4 members (excludes halogenated alkanes) is 5. The van der Waals surface area contributed by atoms with Crippen molar-refractivity contribution < 1.29 is 0 Å². The molecule has 0 atom stereocenters. The van der Waals surface area contributed by atoms with Crippen LogP contribution in [-0.2, 0) is 0 Å². The van der Waals surface area contributed by atoms with Crippen molar-refractivity contribution in [1.82, 2.24) is 9.80 Å². The van der Waals surface area contributed by atoms with Gasteiger partial charge in [0.05, 0.1) is 0 Å². The van der Waals surface area contributed by atoms with Crippen molar-refractivity contribution in [2.75, 3.05) is 26.2 Å². The Morgan fingerprint density at radius 3 is 0.971 bits per heavy atom. The number of nitrogens with zero attached hydrogens (tertiary/aromatic N) is 2. The van der Waals surface area contributed by atoms with E-state index in [0.717, 1.165) is 23.9 Å². The molecule has 2 aliphatic rings. The fourth-order valence-corrected chi connectivity index (χ4v) is 6.86. The maximum Gasteiger partial charge on any atom is 0.00954 e. The van der Waals surface area contributed by atoms with E-state index in [1.54, 1.807) is 0 Å². The van der Waals surface area contributed by atoms with Crippen LogP contribution in [0.2, 0.25) is 0 Å². The zero-order valence-corrected chi connectivity index (χ0v) is 24.2. The maximum atomic E-state index is 2.87. The van der Waals surface area contributed by atoms with Gasteiger partial charge in [0.1, 0.15) is 0 Å². The molecule has 0 unspecified atom stereocenters. The molecule has 0 saturated heterocycles. The van der Waals surface area contributed by atoms with Crippen LogP contribution in [-0.4, -0.2) is 48.1 Å². The topological polar surface area (TPSA) is 6.48 Å². The van der Waals surface area contributed by atoms with E-state index in [-0.39, 0.29) is 0 Å². The van der Waals surface area contributed by atoms with Crippen LogP contribution in [0, 0.1) is 11.8 Å². The molecular weight excluding hydrogens is 412 g/mol. The summed E-state index contributed by atoms with van der Waals surface area (Å²) in [6, 6.07) is 1.80. The highest BCUT2D eigenvalue weighted by molar-refractivity contribution is 4.82. The second-order valence-corrected chi connectivity index (χ2v) is 12.1. The molecule has 2 fully saturated rings. The number of hydrogen-bond acceptors (Lipinski definition) is 2. The lowest BCUT2D eigenvalue weighted by Gasteiger charge is -2.37. The molecule has 0 aromatic heterocycles. The first-order chi connectivity index (χ1) is 16.7. The van der Waals surface area contributed by atoms with E-state index < -0.39 is 0 Å². The smallest absolute Gasteiger partial charge is 0.00954 e. The van der Waals surface area contributed by atoms with Gasteiger partial charge in [0.25, 0.3) is 0 Å². The van der Waals surface area contributed by atoms with Crippen LogP contribution in [0.4, 0.5) is 0 Å². The van der Waals surface area contributed by atoms with Crippen LogP contribution in [0.15, 0.2) is 0 Å². The lowest BCUT2D eigenvalue weighted by atomic mass is 9.80. The monoisotopic (exact) mass is 477 g/mol. The van der Waals surface area contributed by atoms with Gasteiger partial charge < -0.3 is 9.80 Å². The van der Waals surface area contributed by atoms with Crippen molar-refractivity contribution in [3.05, 3.63) is 0 Å².